The van der Waals surface area contributed by atoms with E-state index in [0.29, 0.717) is 12.2 Å². The maximum absolute atomic E-state index is 11.9. The molecule has 0 bridgehead atoms. The van der Waals surface area contributed by atoms with E-state index in [2.05, 4.69) is 10.2 Å². The molecule has 0 unspecified atom stereocenters. The van der Waals surface area contributed by atoms with E-state index in [4.69, 9.17) is 0 Å². The minimum atomic E-state index is -0.456. The summed E-state index contributed by atoms with van der Waals surface area (Å²) in [6.45, 7) is 2.32. The number of carbonyl (C=O) groups excluding carboxylic acids is 1. The van der Waals surface area contributed by atoms with Crippen LogP contribution in [0.25, 0.3) is 0 Å². The molecule has 1 amide bonds. The van der Waals surface area contributed by atoms with Crippen LogP contribution >= 0.6 is 0 Å². The third-order valence-corrected chi connectivity index (χ3v) is 3.43. The zero-order valence-corrected chi connectivity index (χ0v) is 11.4. The lowest BCUT2D eigenvalue weighted by molar-refractivity contribution is -0.384. The highest BCUT2D eigenvalue weighted by atomic mass is 16.6. The lowest BCUT2D eigenvalue weighted by atomic mass is 10.2. The van der Waals surface area contributed by atoms with Crippen molar-refractivity contribution in [2.45, 2.75) is 25.7 Å². The van der Waals surface area contributed by atoms with Gasteiger partial charge in [-0.25, -0.2) is 0 Å². The summed E-state index contributed by atoms with van der Waals surface area (Å²) >= 11 is 0. The summed E-state index contributed by atoms with van der Waals surface area (Å²) < 4.78 is 0. The van der Waals surface area contributed by atoms with Gasteiger partial charge in [0.25, 0.3) is 5.69 Å². The first-order valence-electron chi connectivity index (χ1n) is 6.92. The number of benzene rings is 1. The number of non-ortho nitro benzene ring substituents is 1. The molecule has 1 aliphatic heterocycles. The van der Waals surface area contributed by atoms with Gasteiger partial charge in [0, 0.05) is 17.8 Å². The van der Waals surface area contributed by atoms with Crippen molar-refractivity contribution in [3.63, 3.8) is 0 Å². The molecule has 0 aliphatic carbocycles. The fourth-order valence-electron chi connectivity index (χ4n) is 2.36. The number of carbonyl (C=O) groups is 1. The van der Waals surface area contributed by atoms with E-state index in [1.54, 1.807) is 12.1 Å². The molecule has 0 saturated carbocycles. The molecule has 0 aromatic heterocycles. The quantitative estimate of drug-likeness (QED) is 0.677. The average Bonchev–Trinajstić information content (AvgIpc) is 2.68. The molecular formula is C14H19N3O3. The molecule has 0 radical (unpaired) electrons. The summed E-state index contributed by atoms with van der Waals surface area (Å²) in [6.07, 6.45) is 4.76. The van der Waals surface area contributed by atoms with Gasteiger partial charge in [-0.3, -0.25) is 19.8 Å². The van der Waals surface area contributed by atoms with Gasteiger partial charge in [-0.2, -0.15) is 0 Å². The zero-order chi connectivity index (χ0) is 14.4. The lowest BCUT2D eigenvalue weighted by Crippen LogP contribution is -2.33. The van der Waals surface area contributed by atoms with Crippen molar-refractivity contribution in [2.24, 2.45) is 0 Å². The minimum absolute atomic E-state index is 0.0236. The molecule has 0 spiro atoms. The molecule has 6 nitrogen and oxygen atoms in total. The van der Waals surface area contributed by atoms with Crippen molar-refractivity contribution in [3.05, 3.63) is 34.4 Å². The molecule has 1 fully saturated rings. The summed E-state index contributed by atoms with van der Waals surface area (Å²) in [4.78, 5) is 24.2. The van der Waals surface area contributed by atoms with Gasteiger partial charge >= 0.3 is 0 Å². The molecule has 1 aromatic carbocycles. The second kappa shape index (κ2) is 7.00. The SMILES string of the molecule is O=C(CN1CCCCCC1)Nc1ccc([N+](=O)[O-])cc1. The van der Waals surface area contributed by atoms with Gasteiger partial charge in [-0.15, -0.1) is 0 Å². The zero-order valence-electron chi connectivity index (χ0n) is 11.4. The molecule has 0 atom stereocenters. The number of hydrogen-bond donors (Lipinski definition) is 1. The van der Waals surface area contributed by atoms with Crippen molar-refractivity contribution >= 4 is 17.3 Å². The molecular weight excluding hydrogens is 258 g/mol. The van der Waals surface area contributed by atoms with Crippen LogP contribution in [0.1, 0.15) is 25.7 Å². The lowest BCUT2D eigenvalue weighted by Gasteiger charge is -2.18. The van der Waals surface area contributed by atoms with Crippen molar-refractivity contribution in [1.29, 1.82) is 0 Å². The Morgan fingerprint density at radius 3 is 2.30 bits per heavy atom. The molecule has 1 aliphatic rings. The highest BCUT2D eigenvalue weighted by Crippen LogP contribution is 2.15. The van der Waals surface area contributed by atoms with Gasteiger partial charge in [0.05, 0.1) is 11.5 Å². The Labute approximate surface area is 117 Å². The van der Waals surface area contributed by atoms with Crippen LogP contribution in [-0.2, 0) is 4.79 Å². The van der Waals surface area contributed by atoms with E-state index >= 15 is 0 Å². The smallest absolute Gasteiger partial charge is 0.269 e. The minimum Gasteiger partial charge on any atom is -0.325 e. The second-order valence-corrected chi connectivity index (χ2v) is 5.04. The molecule has 108 valence electrons. The monoisotopic (exact) mass is 277 g/mol. The number of rotatable bonds is 4. The Balaban J connectivity index is 1.85. The first-order valence-corrected chi connectivity index (χ1v) is 6.92. The number of hydrogen-bond acceptors (Lipinski definition) is 4. The fraction of sp³-hybridized carbons (Fsp3) is 0.500. The van der Waals surface area contributed by atoms with E-state index < -0.39 is 4.92 Å². The van der Waals surface area contributed by atoms with Gasteiger partial charge in [0.15, 0.2) is 0 Å². The third-order valence-electron chi connectivity index (χ3n) is 3.43. The summed E-state index contributed by atoms with van der Waals surface area (Å²) in [5.74, 6) is -0.0687. The van der Waals surface area contributed by atoms with Gasteiger partial charge in [0.1, 0.15) is 0 Å². The van der Waals surface area contributed by atoms with E-state index in [0.717, 1.165) is 25.9 Å². The number of nitrogens with zero attached hydrogens (tertiary/aromatic N) is 2. The van der Waals surface area contributed by atoms with Crippen LogP contribution in [0.5, 0.6) is 0 Å². The fourth-order valence-corrected chi connectivity index (χ4v) is 2.36. The number of nitro benzene ring substituents is 1. The molecule has 1 heterocycles. The first kappa shape index (κ1) is 14.5. The van der Waals surface area contributed by atoms with Crippen molar-refractivity contribution in [1.82, 2.24) is 4.90 Å². The highest BCUT2D eigenvalue weighted by Gasteiger charge is 2.13. The van der Waals surface area contributed by atoms with Crippen molar-refractivity contribution in [3.8, 4) is 0 Å². The Hall–Kier alpha value is -1.95. The van der Waals surface area contributed by atoms with Crippen LogP contribution < -0.4 is 5.32 Å². The number of anilines is 1. The third kappa shape index (κ3) is 4.31. The topological polar surface area (TPSA) is 75.5 Å². The van der Waals surface area contributed by atoms with Gasteiger partial charge in [-0.1, -0.05) is 12.8 Å². The molecule has 1 aromatic rings. The predicted octanol–water partition coefficient (Wildman–Crippen LogP) is 2.41. The number of nitro groups is 1. The number of amides is 1. The Morgan fingerprint density at radius 1 is 1.15 bits per heavy atom. The van der Waals surface area contributed by atoms with Crippen molar-refractivity contribution < 1.29 is 9.72 Å². The highest BCUT2D eigenvalue weighted by molar-refractivity contribution is 5.92. The van der Waals surface area contributed by atoms with Crippen LogP contribution in [0, 0.1) is 10.1 Å². The summed E-state index contributed by atoms with van der Waals surface area (Å²) in [6, 6.07) is 5.89. The normalized spacial score (nSPS) is 16.4. The van der Waals surface area contributed by atoms with Gasteiger partial charge in [-0.05, 0) is 38.1 Å². The Morgan fingerprint density at radius 2 is 1.75 bits per heavy atom. The van der Waals surface area contributed by atoms with Gasteiger partial charge < -0.3 is 5.32 Å². The van der Waals surface area contributed by atoms with Crippen LogP contribution in [0.3, 0.4) is 0 Å². The average molecular weight is 277 g/mol. The van der Waals surface area contributed by atoms with Crippen LogP contribution in [0.4, 0.5) is 11.4 Å². The van der Waals surface area contributed by atoms with E-state index in [1.165, 1.54) is 25.0 Å². The van der Waals surface area contributed by atoms with E-state index in [9.17, 15) is 14.9 Å². The van der Waals surface area contributed by atoms with Crippen LogP contribution in [0.15, 0.2) is 24.3 Å². The molecule has 20 heavy (non-hydrogen) atoms. The summed E-state index contributed by atoms with van der Waals surface area (Å²) in [5.41, 5.74) is 0.617. The maximum atomic E-state index is 11.9. The van der Waals surface area contributed by atoms with Crippen LogP contribution in [0.2, 0.25) is 0 Å². The van der Waals surface area contributed by atoms with E-state index in [-0.39, 0.29) is 11.6 Å². The Kier molecular flexibility index (Phi) is 5.06. The molecule has 1 saturated heterocycles. The Bertz CT molecular complexity index is 465. The van der Waals surface area contributed by atoms with Crippen LogP contribution in [-0.4, -0.2) is 35.4 Å². The first-order chi connectivity index (χ1) is 9.65. The summed E-state index contributed by atoms with van der Waals surface area (Å²) in [7, 11) is 0. The molecule has 1 N–H and O–H groups in total. The largest absolute Gasteiger partial charge is 0.325 e. The standard InChI is InChI=1S/C14H19N3O3/c18-14(11-16-9-3-1-2-4-10-16)15-12-5-7-13(8-6-12)17(19)20/h5-8H,1-4,9-11H2,(H,15,18). The predicted molar refractivity (Wildman–Crippen MR) is 76.6 cm³/mol. The van der Waals surface area contributed by atoms with Crippen molar-refractivity contribution in [2.75, 3.05) is 25.0 Å². The molecule has 2 rings (SSSR count). The molecule has 6 heteroatoms. The van der Waals surface area contributed by atoms with Gasteiger partial charge in [0.2, 0.25) is 5.91 Å². The number of likely N-dealkylation sites (tertiary alicyclic amines) is 1. The summed E-state index contributed by atoms with van der Waals surface area (Å²) in [5, 5.41) is 13.3. The van der Waals surface area contributed by atoms with E-state index in [1.807, 2.05) is 0 Å². The number of nitrogens with one attached hydrogen (secondary N) is 1. The maximum Gasteiger partial charge on any atom is 0.269 e. The second-order valence-electron chi connectivity index (χ2n) is 5.04.